The molecule has 1 fully saturated rings. The molecule has 1 aromatic rings. The predicted octanol–water partition coefficient (Wildman–Crippen LogP) is 2.52. The molecule has 1 saturated heterocycles. The molecule has 0 radical (unpaired) electrons. The minimum atomic E-state index is 0.191. The van der Waals surface area contributed by atoms with Crippen molar-refractivity contribution in [2.45, 2.75) is 39.7 Å². The van der Waals surface area contributed by atoms with Crippen LogP contribution in [0.1, 0.15) is 41.3 Å². The second kappa shape index (κ2) is 6.20. The summed E-state index contributed by atoms with van der Waals surface area (Å²) in [6.45, 7) is 8.98. The molecule has 0 aromatic heterocycles. The van der Waals surface area contributed by atoms with Crippen LogP contribution in [0.4, 0.5) is 0 Å². The van der Waals surface area contributed by atoms with Crippen LogP contribution in [-0.4, -0.2) is 36.5 Å². The number of nitrogens with zero attached hydrogens (tertiary/aromatic N) is 1. The molecular formula is C16H24N2O. The lowest BCUT2D eigenvalue weighted by Crippen LogP contribution is -2.42. The van der Waals surface area contributed by atoms with Crippen molar-refractivity contribution in [1.82, 2.24) is 10.2 Å². The molecular weight excluding hydrogens is 236 g/mol. The van der Waals surface area contributed by atoms with E-state index in [1.165, 1.54) is 0 Å². The van der Waals surface area contributed by atoms with Crippen LogP contribution in [0.5, 0.6) is 0 Å². The second-order valence-electron chi connectivity index (χ2n) is 5.46. The fourth-order valence-corrected chi connectivity index (χ4v) is 2.72. The van der Waals surface area contributed by atoms with E-state index < -0.39 is 0 Å². The lowest BCUT2D eigenvalue weighted by molar-refractivity contribution is 0.0691. The highest BCUT2D eigenvalue weighted by atomic mass is 16.2. The molecule has 1 amide bonds. The summed E-state index contributed by atoms with van der Waals surface area (Å²) in [7, 11) is 0. The second-order valence-corrected chi connectivity index (χ2v) is 5.46. The summed E-state index contributed by atoms with van der Waals surface area (Å²) in [5, 5.41) is 3.35. The van der Waals surface area contributed by atoms with E-state index in [0.29, 0.717) is 6.04 Å². The molecule has 3 heteroatoms. The summed E-state index contributed by atoms with van der Waals surface area (Å²) in [4.78, 5) is 14.9. The molecule has 1 atom stereocenters. The van der Waals surface area contributed by atoms with Gasteiger partial charge in [-0.15, -0.1) is 0 Å². The van der Waals surface area contributed by atoms with Gasteiger partial charge in [0, 0.05) is 24.7 Å². The lowest BCUT2D eigenvalue weighted by Gasteiger charge is -2.29. The molecule has 1 aliphatic heterocycles. The van der Waals surface area contributed by atoms with Crippen LogP contribution in [0.3, 0.4) is 0 Å². The Morgan fingerprint density at radius 1 is 1.42 bits per heavy atom. The number of amides is 1. The molecule has 0 bridgehead atoms. The zero-order chi connectivity index (χ0) is 13.8. The van der Waals surface area contributed by atoms with Crippen molar-refractivity contribution in [3.8, 4) is 0 Å². The summed E-state index contributed by atoms with van der Waals surface area (Å²) in [6.07, 6.45) is 2.07. The average molecular weight is 260 g/mol. The van der Waals surface area contributed by atoms with E-state index in [1.807, 2.05) is 26.0 Å². The molecule has 1 aliphatic rings. The van der Waals surface area contributed by atoms with Gasteiger partial charge >= 0.3 is 0 Å². The van der Waals surface area contributed by atoms with Gasteiger partial charge in [-0.25, -0.2) is 0 Å². The van der Waals surface area contributed by atoms with Crippen LogP contribution in [0, 0.1) is 13.8 Å². The predicted molar refractivity (Wildman–Crippen MR) is 78.5 cm³/mol. The Bertz CT molecular complexity index is 450. The first-order valence-electron chi connectivity index (χ1n) is 7.22. The van der Waals surface area contributed by atoms with E-state index in [1.54, 1.807) is 0 Å². The Morgan fingerprint density at radius 3 is 2.84 bits per heavy atom. The zero-order valence-corrected chi connectivity index (χ0v) is 12.2. The van der Waals surface area contributed by atoms with Crippen molar-refractivity contribution < 1.29 is 4.79 Å². The third kappa shape index (κ3) is 3.16. The van der Waals surface area contributed by atoms with Crippen LogP contribution in [0.2, 0.25) is 0 Å². The van der Waals surface area contributed by atoms with Crippen LogP contribution >= 0.6 is 0 Å². The van der Waals surface area contributed by atoms with Gasteiger partial charge in [-0.2, -0.15) is 0 Å². The van der Waals surface area contributed by atoms with E-state index in [4.69, 9.17) is 0 Å². The average Bonchev–Trinajstić information content (AvgIpc) is 2.92. The third-order valence-electron chi connectivity index (χ3n) is 3.82. The van der Waals surface area contributed by atoms with E-state index >= 15 is 0 Å². The number of hydrogen-bond donors (Lipinski definition) is 1. The molecule has 19 heavy (non-hydrogen) atoms. The van der Waals surface area contributed by atoms with Gasteiger partial charge in [-0.05, 0) is 44.9 Å². The fourth-order valence-electron chi connectivity index (χ4n) is 2.72. The molecule has 3 nitrogen and oxygen atoms in total. The maximum Gasteiger partial charge on any atom is 0.254 e. The van der Waals surface area contributed by atoms with Gasteiger partial charge in [0.05, 0.1) is 0 Å². The largest absolute Gasteiger partial charge is 0.334 e. The van der Waals surface area contributed by atoms with E-state index in [9.17, 15) is 4.79 Å². The van der Waals surface area contributed by atoms with Crippen LogP contribution in [0.25, 0.3) is 0 Å². The first-order chi connectivity index (χ1) is 9.13. The van der Waals surface area contributed by atoms with Gasteiger partial charge < -0.3 is 10.2 Å². The Hall–Kier alpha value is -1.35. The minimum Gasteiger partial charge on any atom is -0.334 e. The van der Waals surface area contributed by atoms with Crippen LogP contribution in [0.15, 0.2) is 18.2 Å². The van der Waals surface area contributed by atoms with Crippen molar-refractivity contribution >= 4 is 5.91 Å². The first-order valence-corrected chi connectivity index (χ1v) is 7.22. The summed E-state index contributed by atoms with van der Waals surface area (Å²) in [5.41, 5.74) is 3.08. The fraction of sp³-hybridized carbons (Fsp3) is 0.562. The minimum absolute atomic E-state index is 0.191. The molecule has 0 aliphatic carbocycles. The summed E-state index contributed by atoms with van der Waals surface area (Å²) in [5.74, 6) is 0.191. The maximum absolute atomic E-state index is 12.8. The number of rotatable bonds is 4. The smallest absolute Gasteiger partial charge is 0.254 e. The number of carbonyl (C=O) groups is 1. The SMILES string of the molecule is CCCN(C(=O)c1cc(C)ccc1C)C1CCNC1. The number of carbonyl (C=O) groups excluding carboxylic acids is 1. The van der Waals surface area contributed by atoms with Crippen molar-refractivity contribution in [3.05, 3.63) is 34.9 Å². The van der Waals surface area contributed by atoms with Crippen molar-refractivity contribution in [1.29, 1.82) is 0 Å². The zero-order valence-electron chi connectivity index (χ0n) is 12.2. The molecule has 0 saturated carbocycles. The van der Waals surface area contributed by atoms with Crippen LogP contribution < -0.4 is 5.32 Å². The number of aryl methyl sites for hydroxylation is 2. The van der Waals surface area contributed by atoms with Crippen molar-refractivity contribution in [3.63, 3.8) is 0 Å². The monoisotopic (exact) mass is 260 g/mol. The van der Waals surface area contributed by atoms with Crippen molar-refractivity contribution in [2.75, 3.05) is 19.6 Å². The maximum atomic E-state index is 12.8. The normalized spacial score (nSPS) is 18.6. The Kier molecular flexibility index (Phi) is 4.59. The molecule has 1 heterocycles. The number of hydrogen-bond acceptors (Lipinski definition) is 2. The van der Waals surface area contributed by atoms with Gasteiger partial charge in [0.1, 0.15) is 0 Å². The van der Waals surface area contributed by atoms with Gasteiger partial charge in [0.15, 0.2) is 0 Å². The van der Waals surface area contributed by atoms with E-state index in [0.717, 1.165) is 49.2 Å². The third-order valence-corrected chi connectivity index (χ3v) is 3.82. The lowest BCUT2D eigenvalue weighted by atomic mass is 10.0. The van der Waals surface area contributed by atoms with Gasteiger partial charge in [0.2, 0.25) is 0 Å². The summed E-state index contributed by atoms with van der Waals surface area (Å²) >= 11 is 0. The number of benzene rings is 1. The highest BCUT2D eigenvalue weighted by Gasteiger charge is 2.27. The topological polar surface area (TPSA) is 32.3 Å². The Labute approximate surface area is 116 Å². The molecule has 2 rings (SSSR count). The van der Waals surface area contributed by atoms with Gasteiger partial charge in [-0.1, -0.05) is 24.6 Å². The highest BCUT2D eigenvalue weighted by Crippen LogP contribution is 2.18. The number of nitrogens with one attached hydrogen (secondary N) is 1. The molecule has 1 unspecified atom stereocenters. The molecule has 1 N–H and O–H groups in total. The van der Waals surface area contributed by atoms with Gasteiger partial charge in [-0.3, -0.25) is 4.79 Å². The van der Waals surface area contributed by atoms with E-state index in [2.05, 4.69) is 23.2 Å². The highest BCUT2D eigenvalue weighted by molar-refractivity contribution is 5.96. The standard InChI is InChI=1S/C16H24N2O/c1-4-9-18(14-7-8-17-11-14)16(19)15-10-12(2)5-6-13(15)3/h5-6,10,14,17H,4,7-9,11H2,1-3H3. The van der Waals surface area contributed by atoms with Crippen molar-refractivity contribution in [2.24, 2.45) is 0 Å². The molecule has 104 valence electrons. The Morgan fingerprint density at radius 2 is 2.21 bits per heavy atom. The summed E-state index contributed by atoms with van der Waals surface area (Å²) < 4.78 is 0. The molecule has 1 aromatic carbocycles. The van der Waals surface area contributed by atoms with E-state index in [-0.39, 0.29) is 5.91 Å². The van der Waals surface area contributed by atoms with Crippen LogP contribution in [-0.2, 0) is 0 Å². The first kappa shape index (κ1) is 14.1. The Balaban J connectivity index is 2.25. The quantitative estimate of drug-likeness (QED) is 0.902. The molecule has 0 spiro atoms. The summed E-state index contributed by atoms with van der Waals surface area (Å²) in [6, 6.07) is 6.47. The van der Waals surface area contributed by atoms with Gasteiger partial charge in [0.25, 0.3) is 5.91 Å².